The molecule has 5 nitrogen and oxygen atoms in total. The highest BCUT2D eigenvalue weighted by Gasteiger charge is 2.14. The van der Waals surface area contributed by atoms with Crippen molar-refractivity contribution in [2.45, 2.75) is 25.4 Å². The van der Waals surface area contributed by atoms with E-state index >= 15 is 0 Å². The van der Waals surface area contributed by atoms with Gasteiger partial charge in [0.2, 0.25) is 0 Å². The van der Waals surface area contributed by atoms with E-state index in [0.29, 0.717) is 6.54 Å². The molecule has 0 aromatic carbocycles. The summed E-state index contributed by atoms with van der Waals surface area (Å²) in [6.45, 7) is 2.89. The van der Waals surface area contributed by atoms with Crippen molar-refractivity contribution in [3.63, 3.8) is 0 Å². The highest BCUT2D eigenvalue weighted by atomic mass is 35.5. The summed E-state index contributed by atoms with van der Waals surface area (Å²) in [5.74, 6) is 0. The lowest BCUT2D eigenvalue weighted by Gasteiger charge is -2.27. The first-order valence-corrected chi connectivity index (χ1v) is 7.30. The molecule has 1 aromatic rings. The van der Waals surface area contributed by atoms with Crippen LogP contribution >= 0.6 is 11.6 Å². The van der Waals surface area contributed by atoms with Crippen LogP contribution in [0.1, 0.15) is 24.8 Å². The molecule has 1 fully saturated rings. The average Bonchev–Trinajstić information content (AvgIpc) is 2.49. The molecule has 1 unspecified atom stereocenters. The number of aliphatic hydroxyl groups excluding tert-OH is 1. The number of β-amino-alcohol motifs (C(OH)–C–C–N with tert-alkyl or cyclic N) is 1. The number of aliphatic hydroxyl groups is 1. The minimum absolute atomic E-state index is 0.151. The Labute approximate surface area is 124 Å². The number of nitrogens with zero attached hydrogens (tertiary/aromatic N) is 3. The van der Waals surface area contributed by atoms with E-state index in [9.17, 15) is 5.11 Å². The van der Waals surface area contributed by atoms with Crippen LogP contribution in [0.15, 0.2) is 29.7 Å². The molecule has 1 atom stereocenters. The van der Waals surface area contributed by atoms with Crippen LogP contribution in [0.3, 0.4) is 0 Å². The maximum Gasteiger partial charge on any atom is 0.175 e. The molecule has 110 valence electrons. The molecular formula is C14H20ClN3O2. The van der Waals surface area contributed by atoms with Gasteiger partial charge in [0, 0.05) is 24.5 Å². The summed E-state index contributed by atoms with van der Waals surface area (Å²) in [5.41, 5.74) is 0.743. The van der Waals surface area contributed by atoms with Crippen molar-refractivity contribution in [3.8, 4) is 0 Å². The Morgan fingerprint density at radius 2 is 2.05 bits per heavy atom. The van der Waals surface area contributed by atoms with Gasteiger partial charge in [-0.3, -0.25) is 4.98 Å². The lowest BCUT2D eigenvalue weighted by molar-refractivity contribution is 0.0161. The summed E-state index contributed by atoms with van der Waals surface area (Å²) in [7, 11) is 0. The molecule has 2 rings (SSSR count). The van der Waals surface area contributed by atoms with E-state index in [-0.39, 0.29) is 11.8 Å². The zero-order chi connectivity index (χ0) is 14.2. The van der Waals surface area contributed by atoms with Gasteiger partial charge in [-0.2, -0.15) is 0 Å². The Balaban J connectivity index is 1.71. The topological polar surface area (TPSA) is 58.0 Å². The van der Waals surface area contributed by atoms with E-state index in [0.717, 1.165) is 18.7 Å². The maximum absolute atomic E-state index is 9.90. The van der Waals surface area contributed by atoms with E-state index in [1.807, 2.05) is 0 Å². The number of aromatic nitrogens is 1. The van der Waals surface area contributed by atoms with E-state index < -0.39 is 6.10 Å². The van der Waals surface area contributed by atoms with Gasteiger partial charge in [-0.05, 0) is 38.1 Å². The number of oxime groups is 1. The van der Waals surface area contributed by atoms with Crippen LogP contribution in [0, 0.1) is 0 Å². The fraction of sp³-hybridized carbons (Fsp3) is 0.571. The van der Waals surface area contributed by atoms with Crippen LogP contribution in [0.2, 0.25) is 0 Å². The Kier molecular flexibility index (Phi) is 6.24. The molecule has 0 amide bonds. The third-order valence-electron chi connectivity index (χ3n) is 3.25. The number of hydrogen-bond acceptors (Lipinski definition) is 5. The molecule has 20 heavy (non-hydrogen) atoms. The second-order valence-electron chi connectivity index (χ2n) is 4.93. The number of halogens is 1. The minimum atomic E-state index is -0.543. The quantitative estimate of drug-likeness (QED) is 0.643. The molecule has 1 aliphatic rings. The smallest absolute Gasteiger partial charge is 0.175 e. The normalized spacial score (nSPS) is 18.8. The number of likely N-dealkylation sites (tertiary alicyclic amines) is 1. The second-order valence-corrected chi connectivity index (χ2v) is 5.29. The second kappa shape index (κ2) is 8.19. The number of hydrogen-bond donors (Lipinski definition) is 1. The summed E-state index contributed by atoms with van der Waals surface area (Å²) in [4.78, 5) is 11.3. The molecule has 0 spiro atoms. The van der Waals surface area contributed by atoms with Crippen molar-refractivity contribution in [1.82, 2.24) is 9.88 Å². The van der Waals surface area contributed by atoms with E-state index in [4.69, 9.17) is 16.4 Å². The highest BCUT2D eigenvalue weighted by molar-refractivity contribution is 6.69. The molecule has 1 saturated heterocycles. The first-order valence-electron chi connectivity index (χ1n) is 6.92. The first kappa shape index (κ1) is 15.2. The molecule has 1 N–H and O–H groups in total. The van der Waals surface area contributed by atoms with Gasteiger partial charge < -0.3 is 14.8 Å². The van der Waals surface area contributed by atoms with Gasteiger partial charge in [0.1, 0.15) is 12.7 Å². The van der Waals surface area contributed by atoms with Crippen molar-refractivity contribution in [2.75, 3.05) is 26.2 Å². The molecule has 2 heterocycles. The van der Waals surface area contributed by atoms with Crippen LogP contribution in [0.4, 0.5) is 0 Å². The first-order chi connectivity index (χ1) is 9.75. The van der Waals surface area contributed by atoms with Crippen molar-refractivity contribution in [2.24, 2.45) is 5.16 Å². The van der Waals surface area contributed by atoms with E-state index in [2.05, 4.69) is 15.0 Å². The Bertz CT molecular complexity index is 422. The highest BCUT2D eigenvalue weighted by Crippen LogP contribution is 2.09. The third-order valence-corrected chi connectivity index (χ3v) is 3.54. The average molecular weight is 298 g/mol. The fourth-order valence-electron chi connectivity index (χ4n) is 2.21. The Morgan fingerprint density at radius 1 is 1.35 bits per heavy atom. The summed E-state index contributed by atoms with van der Waals surface area (Å²) in [6, 6.07) is 3.50. The fourth-order valence-corrected chi connectivity index (χ4v) is 2.39. The lowest BCUT2D eigenvalue weighted by atomic mass is 10.1. The molecule has 0 radical (unpaired) electrons. The lowest BCUT2D eigenvalue weighted by Crippen LogP contribution is -2.38. The van der Waals surface area contributed by atoms with E-state index in [1.165, 1.54) is 19.3 Å². The van der Waals surface area contributed by atoms with Crippen LogP contribution in [-0.2, 0) is 4.84 Å². The number of pyridine rings is 1. The van der Waals surface area contributed by atoms with Crippen LogP contribution in [0.25, 0.3) is 0 Å². The minimum Gasteiger partial charge on any atom is -0.392 e. The molecule has 1 aliphatic heterocycles. The number of rotatable bonds is 6. The van der Waals surface area contributed by atoms with Crippen LogP contribution < -0.4 is 0 Å². The number of piperidine rings is 1. The largest absolute Gasteiger partial charge is 0.392 e. The summed E-state index contributed by atoms with van der Waals surface area (Å²) in [6.07, 6.45) is 6.43. The molecule has 0 bridgehead atoms. The van der Waals surface area contributed by atoms with Gasteiger partial charge in [0.15, 0.2) is 5.17 Å². The predicted octanol–water partition coefficient (Wildman–Crippen LogP) is 1.85. The van der Waals surface area contributed by atoms with Crippen LogP contribution in [-0.4, -0.2) is 52.5 Å². The summed E-state index contributed by atoms with van der Waals surface area (Å²) >= 11 is 5.99. The van der Waals surface area contributed by atoms with Gasteiger partial charge in [0.05, 0.1) is 0 Å². The van der Waals surface area contributed by atoms with Crippen molar-refractivity contribution in [1.29, 1.82) is 0 Å². The third kappa shape index (κ3) is 5.07. The molecule has 0 saturated carbocycles. The summed E-state index contributed by atoms with van der Waals surface area (Å²) < 4.78 is 0. The zero-order valence-electron chi connectivity index (χ0n) is 11.4. The Morgan fingerprint density at radius 3 is 2.75 bits per heavy atom. The van der Waals surface area contributed by atoms with Gasteiger partial charge in [0.25, 0.3) is 0 Å². The van der Waals surface area contributed by atoms with Gasteiger partial charge in [-0.1, -0.05) is 23.2 Å². The zero-order valence-corrected chi connectivity index (χ0v) is 12.2. The van der Waals surface area contributed by atoms with Crippen molar-refractivity contribution in [3.05, 3.63) is 30.1 Å². The molecular weight excluding hydrogens is 278 g/mol. The summed E-state index contributed by atoms with van der Waals surface area (Å²) in [5, 5.41) is 14.0. The molecule has 6 heteroatoms. The van der Waals surface area contributed by atoms with Crippen molar-refractivity contribution >= 4 is 16.8 Å². The molecule has 1 aromatic heterocycles. The van der Waals surface area contributed by atoms with Crippen LogP contribution in [0.5, 0.6) is 0 Å². The van der Waals surface area contributed by atoms with Gasteiger partial charge in [-0.15, -0.1) is 0 Å². The van der Waals surface area contributed by atoms with Crippen molar-refractivity contribution < 1.29 is 9.94 Å². The predicted molar refractivity (Wildman–Crippen MR) is 78.9 cm³/mol. The Hall–Kier alpha value is -1.17. The van der Waals surface area contributed by atoms with Gasteiger partial charge in [-0.25, -0.2) is 0 Å². The van der Waals surface area contributed by atoms with Gasteiger partial charge >= 0.3 is 0 Å². The monoisotopic (exact) mass is 297 g/mol. The van der Waals surface area contributed by atoms with E-state index in [1.54, 1.807) is 24.5 Å². The SMILES string of the molecule is OC(CON=C(Cl)c1ccncc1)CN1CCCCC1. The standard InChI is InChI=1S/C14H20ClN3O2/c15-14(12-4-6-16-7-5-12)17-20-11-13(19)10-18-8-2-1-3-9-18/h4-7,13,19H,1-3,8-11H2. The maximum atomic E-state index is 9.90. The molecule has 0 aliphatic carbocycles.